The fourth-order valence-electron chi connectivity index (χ4n) is 1.75. The van der Waals surface area contributed by atoms with E-state index >= 15 is 0 Å². The first kappa shape index (κ1) is 18.4. The lowest BCUT2D eigenvalue weighted by Crippen LogP contribution is -2.09. The minimum absolute atomic E-state index is 0.0798. The van der Waals surface area contributed by atoms with E-state index in [2.05, 4.69) is 10.3 Å². The molecular weight excluding hydrogens is 371 g/mol. The van der Waals surface area contributed by atoms with E-state index in [-0.39, 0.29) is 18.3 Å². The van der Waals surface area contributed by atoms with E-state index in [1.807, 2.05) is 0 Å². The third-order valence-electron chi connectivity index (χ3n) is 2.79. The van der Waals surface area contributed by atoms with E-state index in [9.17, 15) is 9.59 Å². The molecule has 0 aliphatic rings. The minimum Gasteiger partial charge on any atom is -0.466 e. The van der Waals surface area contributed by atoms with Crippen LogP contribution in [0, 0.1) is 0 Å². The van der Waals surface area contributed by atoms with E-state index in [4.69, 9.17) is 27.9 Å². The molecule has 0 fully saturated rings. The van der Waals surface area contributed by atoms with E-state index in [1.165, 1.54) is 17.4 Å². The molecule has 0 aliphatic heterocycles. The standard InChI is InChI=1S/C16H14Cl2N2O3S/c1-2-23-15(22)8-12-9-24-16(19-12)20-14(21)6-4-10-3-5-11(17)7-13(10)18/h3-7,9H,2,8H2,1H3,(H,19,20,21)/b6-4+. The maximum Gasteiger partial charge on any atom is 0.311 e. The van der Waals surface area contributed by atoms with Crippen molar-refractivity contribution >= 4 is 57.6 Å². The van der Waals surface area contributed by atoms with E-state index < -0.39 is 0 Å². The molecule has 24 heavy (non-hydrogen) atoms. The Morgan fingerprint density at radius 3 is 2.88 bits per heavy atom. The highest BCUT2D eigenvalue weighted by Gasteiger charge is 2.09. The third kappa shape index (κ3) is 5.63. The fraction of sp³-hybridized carbons (Fsp3) is 0.188. The molecule has 126 valence electrons. The summed E-state index contributed by atoms with van der Waals surface area (Å²) in [5.41, 5.74) is 1.23. The molecule has 5 nitrogen and oxygen atoms in total. The first-order valence-corrected chi connectivity index (χ1v) is 8.65. The molecule has 0 atom stereocenters. The number of aromatic nitrogens is 1. The van der Waals surface area contributed by atoms with Gasteiger partial charge in [-0.3, -0.25) is 14.9 Å². The van der Waals surface area contributed by atoms with Gasteiger partial charge in [-0.05, 0) is 30.7 Å². The Morgan fingerprint density at radius 2 is 2.17 bits per heavy atom. The van der Waals surface area contributed by atoms with Crippen molar-refractivity contribution in [2.45, 2.75) is 13.3 Å². The van der Waals surface area contributed by atoms with E-state index in [0.717, 1.165) is 0 Å². The zero-order valence-electron chi connectivity index (χ0n) is 12.7. The molecular formula is C16H14Cl2N2O3S. The molecule has 1 aromatic carbocycles. The Hall–Kier alpha value is -1.89. The summed E-state index contributed by atoms with van der Waals surface area (Å²) < 4.78 is 4.85. The number of nitrogens with one attached hydrogen (secondary N) is 1. The summed E-state index contributed by atoms with van der Waals surface area (Å²) in [6.45, 7) is 2.06. The Bertz CT molecular complexity index is 774. The third-order valence-corrected chi connectivity index (χ3v) is 4.16. The predicted molar refractivity (Wildman–Crippen MR) is 96.6 cm³/mol. The smallest absolute Gasteiger partial charge is 0.311 e. The highest BCUT2D eigenvalue weighted by Crippen LogP contribution is 2.22. The molecule has 2 aromatic rings. The van der Waals surface area contributed by atoms with Crippen LogP contribution < -0.4 is 5.32 Å². The lowest BCUT2D eigenvalue weighted by Gasteiger charge is -1.99. The number of thiazole rings is 1. The molecule has 1 heterocycles. The fourth-order valence-corrected chi connectivity index (χ4v) is 2.94. The Morgan fingerprint density at radius 1 is 1.38 bits per heavy atom. The zero-order valence-corrected chi connectivity index (χ0v) is 15.0. The lowest BCUT2D eigenvalue weighted by atomic mass is 10.2. The first-order chi connectivity index (χ1) is 11.5. The van der Waals surface area contributed by atoms with Gasteiger partial charge >= 0.3 is 5.97 Å². The van der Waals surface area contributed by atoms with Gasteiger partial charge in [-0.2, -0.15) is 0 Å². The summed E-state index contributed by atoms with van der Waals surface area (Å²) in [5, 5.41) is 5.72. The highest BCUT2D eigenvalue weighted by atomic mass is 35.5. The van der Waals surface area contributed by atoms with Crippen LogP contribution in [-0.4, -0.2) is 23.5 Å². The molecule has 1 amide bonds. The number of halogens is 2. The van der Waals surface area contributed by atoms with Crippen LogP contribution in [0.4, 0.5) is 5.13 Å². The number of rotatable bonds is 6. The number of benzene rings is 1. The lowest BCUT2D eigenvalue weighted by molar-refractivity contribution is -0.142. The summed E-state index contributed by atoms with van der Waals surface area (Å²) in [6.07, 6.45) is 3.01. The summed E-state index contributed by atoms with van der Waals surface area (Å²) in [7, 11) is 0. The summed E-state index contributed by atoms with van der Waals surface area (Å²) in [5.74, 6) is -0.698. The Balaban J connectivity index is 1.94. The van der Waals surface area contributed by atoms with Crippen LogP contribution in [0.1, 0.15) is 18.2 Å². The van der Waals surface area contributed by atoms with Crippen LogP contribution in [0.2, 0.25) is 10.0 Å². The number of esters is 1. The van der Waals surface area contributed by atoms with Gasteiger partial charge in [0.25, 0.3) is 0 Å². The number of nitrogens with zero attached hydrogens (tertiary/aromatic N) is 1. The normalized spacial score (nSPS) is 10.8. The van der Waals surface area contributed by atoms with E-state index in [0.29, 0.717) is 33.0 Å². The molecule has 0 saturated heterocycles. The molecule has 1 N–H and O–H groups in total. The number of amides is 1. The van der Waals surface area contributed by atoms with Crippen molar-refractivity contribution in [3.05, 3.63) is 51.0 Å². The maximum atomic E-state index is 11.9. The van der Waals surface area contributed by atoms with Crippen LogP contribution in [0.15, 0.2) is 29.7 Å². The molecule has 0 saturated carbocycles. The number of ether oxygens (including phenoxy) is 1. The van der Waals surface area contributed by atoms with Gasteiger partial charge in [-0.25, -0.2) is 4.98 Å². The van der Waals surface area contributed by atoms with Gasteiger partial charge in [-0.15, -0.1) is 11.3 Å². The Labute approximate surface area is 153 Å². The van der Waals surface area contributed by atoms with Crippen molar-refractivity contribution in [1.82, 2.24) is 4.98 Å². The number of carbonyl (C=O) groups is 2. The van der Waals surface area contributed by atoms with Gasteiger partial charge in [-0.1, -0.05) is 29.3 Å². The van der Waals surface area contributed by atoms with Crippen LogP contribution in [0.25, 0.3) is 6.08 Å². The van der Waals surface area contributed by atoms with Crippen LogP contribution in [-0.2, 0) is 20.7 Å². The summed E-state index contributed by atoms with van der Waals surface area (Å²) in [4.78, 5) is 27.5. The highest BCUT2D eigenvalue weighted by molar-refractivity contribution is 7.14. The van der Waals surface area contributed by atoms with Crippen molar-refractivity contribution in [2.75, 3.05) is 11.9 Å². The monoisotopic (exact) mass is 384 g/mol. The molecule has 0 aliphatic carbocycles. The van der Waals surface area contributed by atoms with Crippen LogP contribution >= 0.6 is 34.5 Å². The van der Waals surface area contributed by atoms with Crippen LogP contribution in [0.5, 0.6) is 0 Å². The largest absolute Gasteiger partial charge is 0.466 e. The predicted octanol–water partition coefficient (Wildman–Crippen LogP) is 4.21. The summed E-state index contributed by atoms with van der Waals surface area (Å²) >= 11 is 13.1. The van der Waals surface area contributed by atoms with Crippen molar-refractivity contribution in [1.29, 1.82) is 0 Å². The summed E-state index contributed by atoms with van der Waals surface area (Å²) in [6, 6.07) is 5.01. The molecule has 2 rings (SSSR count). The average molecular weight is 385 g/mol. The molecule has 0 bridgehead atoms. The van der Waals surface area contributed by atoms with Crippen molar-refractivity contribution in [3.8, 4) is 0 Å². The molecule has 0 spiro atoms. The number of carbonyl (C=O) groups excluding carboxylic acids is 2. The second-order valence-corrected chi connectivity index (χ2v) is 6.32. The molecule has 8 heteroatoms. The topological polar surface area (TPSA) is 68.3 Å². The van der Waals surface area contributed by atoms with Gasteiger partial charge in [0.1, 0.15) is 0 Å². The van der Waals surface area contributed by atoms with Crippen molar-refractivity contribution in [3.63, 3.8) is 0 Å². The number of hydrogen-bond donors (Lipinski definition) is 1. The van der Waals surface area contributed by atoms with Crippen molar-refractivity contribution in [2.24, 2.45) is 0 Å². The molecule has 1 aromatic heterocycles. The SMILES string of the molecule is CCOC(=O)Cc1csc(NC(=O)/C=C/c2ccc(Cl)cc2Cl)n1. The average Bonchev–Trinajstić information content (AvgIpc) is 2.93. The first-order valence-electron chi connectivity index (χ1n) is 7.02. The second-order valence-electron chi connectivity index (χ2n) is 4.61. The maximum absolute atomic E-state index is 11.9. The number of anilines is 1. The van der Waals surface area contributed by atoms with Crippen molar-refractivity contribution < 1.29 is 14.3 Å². The van der Waals surface area contributed by atoms with Gasteiger partial charge in [0.2, 0.25) is 5.91 Å². The van der Waals surface area contributed by atoms with Gasteiger partial charge in [0, 0.05) is 21.5 Å². The van der Waals surface area contributed by atoms with Crippen LogP contribution in [0.3, 0.4) is 0 Å². The van der Waals surface area contributed by atoms with Gasteiger partial charge < -0.3 is 4.74 Å². The second kappa shape index (κ2) is 8.82. The molecule has 0 unspecified atom stereocenters. The zero-order chi connectivity index (χ0) is 17.5. The van der Waals surface area contributed by atoms with E-state index in [1.54, 1.807) is 36.6 Å². The van der Waals surface area contributed by atoms with Gasteiger partial charge in [0.15, 0.2) is 5.13 Å². The quantitative estimate of drug-likeness (QED) is 0.598. The minimum atomic E-state index is -0.349. The number of hydrogen-bond acceptors (Lipinski definition) is 5. The Kier molecular flexibility index (Phi) is 6.78. The molecule has 0 radical (unpaired) electrons. The van der Waals surface area contributed by atoms with Gasteiger partial charge in [0.05, 0.1) is 18.7 Å².